The summed E-state index contributed by atoms with van der Waals surface area (Å²) in [7, 11) is 0. The SMILES string of the molecule is CCc1ccc(-c2nc(CC(=O)Nc3ccccc3I)cs2)cc1. The fourth-order valence-electron chi connectivity index (χ4n) is 2.33. The van der Waals surface area contributed by atoms with Crippen LogP contribution >= 0.6 is 33.9 Å². The second-order valence-corrected chi connectivity index (χ2v) is 7.42. The molecule has 0 radical (unpaired) electrons. The van der Waals surface area contributed by atoms with Crippen molar-refractivity contribution in [3.8, 4) is 10.6 Å². The van der Waals surface area contributed by atoms with E-state index < -0.39 is 0 Å². The van der Waals surface area contributed by atoms with Crippen LogP contribution in [0.5, 0.6) is 0 Å². The summed E-state index contributed by atoms with van der Waals surface area (Å²) < 4.78 is 1.03. The van der Waals surface area contributed by atoms with Gasteiger partial charge in [-0.05, 0) is 46.7 Å². The summed E-state index contributed by atoms with van der Waals surface area (Å²) in [6.07, 6.45) is 1.32. The van der Waals surface area contributed by atoms with Crippen LogP contribution in [0.1, 0.15) is 18.2 Å². The van der Waals surface area contributed by atoms with Crippen molar-refractivity contribution in [2.45, 2.75) is 19.8 Å². The Labute approximate surface area is 159 Å². The number of carbonyl (C=O) groups is 1. The Kier molecular flexibility index (Phi) is 5.63. The molecule has 0 saturated heterocycles. The minimum atomic E-state index is -0.0442. The average molecular weight is 448 g/mol. The van der Waals surface area contributed by atoms with E-state index in [1.54, 1.807) is 11.3 Å². The third-order valence-corrected chi connectivity index (χ3v) is 5.53. The molecular formula is C19H17IN2OS. The first kappa shape index (κ1) is 17.1. The molecule has 1 N–H and O–H groups in total. The highest BCUT2D eigenvalue weighted by Crippen LogP contribution is 2.25. The molecule has 0 atom stereocenters. The number of anilines is 1. The number of carbonyl (C=O) groups excluding carboxylic acids is 1. The third-order valence-electron chi connectivity index (χ3n) is 3.65. The Hall–Kier alpha value is -1.73. The number of hydrogen-bond acceptors (Lipinski definition) is 3. The molecule has 0 unspecified atom stereocenters. The molecule has 0 saturated carbocycles. The van der Waals surface area contributed by atoms with Crippen molar-refractivity contribution in [1.82, 2.24) is 4.98 Å². The number of aryl methyl sites for hydroxylation is 1. The normalized spacial score (nSPS) is 10.6. The summed E-state index contributed by atoms with van der Waals surface area (Å²) in [5.74, 6) is -0.0442. The summed E-state index contributed by atoms with van der Waals surface area (Å²) in [6, 6.07) is 16.2. The van der Waals surface area contributed by atoms with Crippen LogP contribution in [0.2, 0.25) is 0 Å². The summed E-state index contributed by atoms with van der Waals surface area (Å²) in [5, 5.41) is 5.85. The minimum absolute atomic E-state index is 0.0442. The molecule has 1 aromatic heterocycles. The molecule has 5 heteroatoms. The first-order valence-electron chi connectivity index (χ1n) is 7.74. The monoisotopic (exact) mass is 448 g/mol. The van der Waals surface area contributed by atoms with Crippen LogP contribution in [0.15, 0.2) is 53.9 Å². The Morgan fingerprint density at radius 3 is 2.62 bits per heavy atom. The van der Waals surface area contributed by atoms with Gasteiger partial charge in [-0.1, -0.05) is 43.3 Å². The topological polar surface area (TPSA) is 42.0 Å². The highest BCUT2D eigenvalue weighted by molar-refractivity contribution is 14.1. The van der Waals surface area contributed by atoms with Gasteiger partial charge in [0.05, 0.1) is 17.8 Å². The zero-order valence-corrected chi connectivity index (χ0v) is 16.2. The van der Waals surface area contributed by atoms with Crippen molar-refractivity contribution in [3.63, 3.8) is 0 Å². The Balaban J connectivity index is 1.67. The fraction of sp³-hybridized carbons (Fsp3) is 0.158. The number of rotatable bonds is 5. The second kappa shape index (κ2) is 7.90. The van der Waals surface area contributed by atoms with Crippen molar-refractivity contribution in [1.29, 1.82) is 0 Å². The molecule has 3 aromatic rings. The standard InChI is InChI=1S/C19H17IN2OS/c1-2-13-7-9-14(10-8-13)19-21-15(12-24-19)11-18(23)22-17-6-4-3-5-16(17)20/h3-10,12H,2,11H2,1H3,(H,22,23). The molecule has 1 amide bonds. The van der Waals surface area contributed by atoms with Crippen LogP contribution in [0.4, 0.5) is 5.69 Å². The zero-order valence-electron chi connectivity index (χ0n) is 13.3. The zero-order chi connectivity index (χ0) is 16.9. The van der Waals surface area contributed by atoms with Crippen LogP contribution in [0, 0.1) is 3.57 Å². The van der Waals surface area contributed by atoms with Gasteiger partial charge in [-0.3, -0.25) is 4.79 Å². The summed E-state index contributed by atoms with van der Waals surface area (Å²) in [5.41, 5.74) is 4.06. The number of benzene rings is 2. The number of hydrogen-bond donors (Lipinski definition) is 1. The number of thiazole rings is 1. The van der Waals surface area contributed by atoms with Crippen molar-refractivity contribution >= 4 is 45.5 Å². The Morgan fingerprint density at radius 2 is 1.92 bits per heavy atom. The van der Waals surface area contributed by atoms with Crippen molar-refractivity contribution < 1.29 is 4.79 Å². The first-order valence-corrected chi connectivity index (χ1v) is 9.69. The van der Waals surface area contributed by atoms with E-state index in [4.69, 9.17) is 0 Å². The molecule has 0 aliphatic rings. The van der Waals surface area contributed by atoms with Gasteiger partial charge in [0, 0.05) is 14.5 Å². The lowest BCUT2D eigenvalue weighted by molar-refractivity contribution is -0.115. The predicted octanol–water partition coefficient (Wildman–Crippen LogP) is 5.16. The van der Waals surface area contributed by atoms with Gasteiger partial charge in [0.15, 0.2) is 0 Å². The number of nitrogens with zero attached hydrogens (tertiary/aromatic N) is 1. The van der Waals surface area contributed by atoms with Gasteiger partial charge in [-0.15, -0.1) is 11.3 Å². The van der Waals surface area contributed by atoms with Crippen LogP contribution in [0.3, 0.4) is 0 Å². The van der Waals surface area contributed by atoms with E-state index in [0.29, 0.717) is 0 Å². The Bertz CT molecular complexity index is 843. The van der Waals surface area contributed by atoms with E-state index in [1.807, 2.05) is 29.6 Å². The molecule has 0 fully saturated rings. The van der Waals surface area contributed by atoms with Crippen molar-refractivity contribution in [3.05, 3.63) is 68.7 Å². The molecule has 122 valence electrons. The van der Waals surface area contributed by atoms with Crippen LogP contribution in [0.25, 0.3) is 10.6 Å². The lowest BCUT2D eigenvalue weighted by atomic mass is 10.1. The maximum atomic E-state index is 12.2. The summed E-state index contributed by atoms with van der Waals surface area (Å²) >= 11 is 3.79. The van der Waals surface area contributed by atoms with E-state index in [2.05, 4.69) is 64.1 Å². The maximum Gasteiger partial charge on any atom is 0.230 e. The van der Waals surface area contributed by atoms with E-state index in [0.717, 1.165) is 31.9 Å². The van der Waals surface area contributed by atoms with E-state index in [-0.39, 0.29) is 12.3 Å². The Morgan fingerprint density at radius 1 is 1.17 bits per heavy atom. The van der Waals surface area contributed by atoms with Gasteiger partial charge < -0.3 is 5.32 Å². The number of amides is 1. The van der Waals surface area contributed by atoms with E-state index >= 15 is 0 Å². The van der Waals surface area contributed by atoms with Crippen molar-refractivity contribution in [2.75, 3.05) is 5.32 Å². The van der Waals surface area contributed by atoms with Crippen molar-refractivity contribution in [2.24, 2.45) is 0 Å². The molecule has 24 heavy (non-hydrogen) atoms. The molecule has 0 aliphatic carbocycles. The smallest absolute Gasteiger partial charge is 0.230 e. The van der Waals surface area contributed by atoms with Gasteiger partial charge in [0.1, 0.15) is 5.01 Å². The van der Waals surface area contributed by atoms with Crippen LogP contribution in [-0.2, 0) is 17.6 Å². The molecule has 2 aromatic carbocycles. The number of para-hydroxylation sites is 1. The van der Waals surface area contributed by atoms with Gasteiger partial charge in [0.2, 0.25) is 5.91 Å². The molecule has 0 spiro atoms. The predicted molar refractivity (Wildman–Crippen MR) is 108 cm³/mol. The summed E-state index contributed by atoms with van der Waals surface area (Å²) in [6.45, 7) is 2.14. The highest BCUT2D eigenvalue weighted by atomic mass is 127. The van der Waals surface area contributed by atoms with E-state index in [1.165, 1.54) is 5.56 Å². The lowest BCUT2D eigenvalue weighted by Gasteiger charge is -2.05. The number of aromatic nitrogens is 1. The van der Waals surface area contributed by atoms with Crippen LogP contribution in [-0.4, -0.2) is 10.9 Å². The largest absolute Gasteiger partial charge is 0.325 e. The van der Waals surface area contributed by atoms with Gasteiger partial charge >= 0.3 is 0 Å². The van der Waals surface area contributed by atoms with Gasteiger partial charge in [-0.25, -0.2) is 4.98 Å². The third kappa shape index (κ3) is 4.21. The van der Waals surface area contributed by atoms with Gasteiger partial charge in [0.25, 0.3) is 0 Å². The molecule has 0 aliphatic heterocycles. The highest BCUT2D eigenvalue weighted by Gasteiger charge is 2.10. The molecule has 1 heterocycles. The average Bonchev–Trinajstić information content (AvgIpc) is 3.05. The minimum Gasteiger partial charge on any atom is -0.325 e. The van der Waals surface area contributed by atoms with Gasteiger partial charge in [-0.2, -0.15) is 0 Å². The quantitative estimate of drug-likeness (QED) is 0.548. The first-order chi connectivity index (χ1) is 11.7. The summed E-state index contributed by atoms with van der Waals surface area (Å²) in [4.78, 5) is 16.8. The molecule has 0 bridgehead atoms. The number of nitrogens with one attached hydrogen (secondary N) is 1. The second-order valence-electron chi connectivity index (χ2n) is 5.40. The fourth-order valence-corrected chi connectivity index (χ4v) is 3.67. The number of halogens is 1. The molecular weight excluding hydrogens is 431 g/mol. The van der Waals surface area contributed by atoms with Crippen LogP contribution < -0.4 is 5.32 Å². The maximum absolute atomic E-state index is 12.2. The molecule has 3 rings (SSSR count). The van der Waals surface area contributed by atoms with E-state index in [9.17, 15) is 4.79 Å². The lowest BCUT2D eigenvalue weighted by Crippen LogP contribution is -2.15. The molecule has 3 nitrogen and oxygen atoms in total.